The number of hydrogen-bond acceptors (Lipinski definition) is 3. The van der Waals surface area contributed by atoms with Crippen molar-refractivity contribution in [2.24, 2.45) is 11.7 Å². The van der Waals surface area contributed by atoms with E-state index >= 15 is 0 Å². The van der Waals surface area contributed by atoms with E-state index in [4.69, 9.17) is 5.73 Å². The van der Waals surface area contributed by atoms with Crippen LogP contribution in [0, 0.1) is 5.92 Å². The summed E-state index contributed by atoms with van der Waals surface area (Å²) >= 11 is 0. The summed E-state index contributed by atoms with van der Waals surface area (Å²) in [6.07, 6.45) is 4.55. The van der Waals surface area contributed by atoms with E-state index in [0.29, 0.717) is 0 Å². The van der Waals surface area contributed by atoms with Gasteiger partial charge in [-0.1, -0.05) is 12.2 Å². The zero-order chi connectivity index (χ0) is 11.4. The van der Waals surface area contributed by atoms with Gasteiger partial charge < -0.3 is 16.0 Å². The molecule has 1 aliphatic carbocycles. The highest BCUT2D eigenvalue weighted by atomic mass is 16.1. The summed E-state index contributed by atoms with van der Waals surface area (Å²) in [5.74, 6) is 0.0539. The summed E-state index contributed by atoms with van der Waals surface area (Å²) < 4.78 is 0. The van der Waals surface area contributed by atoms with Crippen LogP contribution in [0.3, 0.4) is 0 Å². The first-order chi connectivity index (χ1) is 6.99. The summed E-state index contributed by atoms with van der Waals surface area (Å²) in [7, 11) is 3.99. The number of nitrogens with zero attached hydrogens (tertiary/aromatic N) is 1. The molecule has 0 saturated carbocycles. The Bertz CT molecular complexity index is 250. The third-order valence-corrected chi connectivity index (χ3v) is 2.48. The molecule has 0 spiro atoms. The molecular formula is C11H21N3O. The third-order valence-electron chi connectivity index (χ3n) is 2.48. The average Bonchev–Trinajstić information content (AvgIpc) is 2.49. The molecular weight excluding hydrogens is 190 g/mol. The third kappa shape index (κ3) is 4.01. The minimum absolute atomic E-state index is 0.0374. The second-order valence-electron chi connectivity index (χ2n) is 4.56. The van der Waals surface area contributed by atoms with Crippen LogP contribution in [0.15, 0.2) is 12.2 Å². The van der Waals surface area contributed by atoms with Gasteiger partial charge in [0, 0.05) is 18.6 Å². The SMILES string of the molecule is CC(CN(C)C)NC(=O)C1C=CC(N)C1. The number of carbonyl (C=O) groups is 1. The topological polar surface area (TPSA) is 58.4 Å². The largest absolute Gasteiger partial charge is 0.352 e. The van der Waals surface area contributed by atoms with Crippen molar-refractivity contribution >= 4 is 5.91 Å². The van der Waals surface area contributed by atoms with Crippen LogP contribution in [0.1, 0.15) is 13.3 Å². The molecule has 1 rings (SSSR count). The first kappa shape index (κ1) is 12.2. The smallest absolute Gasteiger partial charge is 0.227 e. The Hall–Kier alpha value is -0.870. The fraction of sp³-hybridized carbons (Fsp3) is 0.727. The van der Waals surface area contributed by atoms with E-state index in [1.54, 1.807) is 0 Å². The highest BCUT2D eigenvalue weighted by Gasteiger charge is 2.23. The van der Waals surface area contributed by atoms with Crippen LogP contribution in [-0.2, 0) is 4.79 Å². The van der Waals surface area contributed by atoms with E-state index in [-0.39, 0.29) is 23.9 Å². The lowest BCUT2D eigenvalue weighted by Gasteiger charge is -2.20. The van der Waals surface area contributed by atoms with Crippen molar-refractivity contribution in [1.29, 1.82) is 0 Å². The van der Waals surface area contributed by atoms with Gasteiger partial charge in [0.25, 0.3) is 0 Å². The Labute approximate surface area is 91.5 Å². The molecule has 86 valence electrons. The fourth-order valence-corrected chi connectivity index (χ4v) is 1.86. The van der Waals surface area contributed by atoms with E-state index in [1.807, 2.05) is 33.2 Å². The van der Waals surface area contributed by atoms with E-state index < -0.39 is 0 Å². The normalized spacial score (nSPS) is 27.0. The second-order valence-corrected chi connectivity index (χ2v) is 4.56. The van der Waals surface area contributed by atoms with Crippen LogP contribution in [0.4, 0.5) is 0 Å². The van der Waals surface area contributed by atoms with E-state index in [0.717, 1.165) is 13.0 Å². The van der Waals surface area contributed by atoms with Crippen LogP contribution in [0.5, 0.6) is 0 Å². The highest BCUT2D eigenvalue weighted by Crippen LogP contribution is 2.16. The Balaban J connectivity index is 2.33. The molecule has 0 aliphatic heterocycles. The first-order valence-corrected chi connectivity index (χ1v) is 5.38. The number of nitrogens with two attached hydrogens (primary N) is 1. The molecule has 0 radical (unpaired) electrons. The minimum atomic E-state index is -0.0374. The van der Waals surface area contributed by atoms with Gasteiger partial charge in [0.2, 0.25) is 5.91 Å². The second kappa shape index (κ2) is 5.28. The number of rotatable bonds is 4. The molecule has 0 saturated heterocycles. The number of nitrogens with one attached hydrogen (secondary N) is 1. The van der Waals surface area contributed by atoms with Crippen LogP contribution < -0.4 is 11.1 Å². The van der Waals surface area contributed by atoms with Gasteiger partial charge in [0.1, 0.15) is 0 Å². The van der Waals surface area contributed by atoms with E-state index in [1.165, 1.54) is 0 Å². The van der Waals surface area contributed by atoms with Gasteiger partial charge in [-0.15, -0.1) is 0 Å². The molecule has 15 heavy (non-hydrogen) atoms. The fourth-order valence-electron chi connectivity index (χ4n) is 1.86. The maximum Gasteiger partial charge on any atom is 0.227 e. The predicted molar refractivity (Wildman–Crippen MR) is 61.4 cm³/mol. The molecule has 0 bridgehead atoms. The molecule has 0 aromatic heterocycles. The van der Waals surface area contributed by atoms with Crippen molar-refractivity contribution in [2.75, 3.05) is 20.6 Å². The standard InChI is InChI=1S/C11H21N3O/c1-8(7-14(2)3)13-11(15)9-4-5-10(12)6-9/h4-5,8-10H,6-7,12H2,1-3H3,(H,13,15). The lowest BCUT2D eigenvalue weighted by Crippen LogP contribution is -2.42. The Morgan fingerprint density at radius 2 is 2.27 bits per heavy atom. The van der Waals surface area contributed by atoms with Crippen molar-refractivity contribution in [3.05, 3.63) is 12.2 Å². The van der Waals surface area contributed by atoms with Crippen molar-refractivity contribution < 1.29 is 4.79 Å². The molecule has 0 aromatic rings. The van der Waals surface area contributed by atoms with Gasteiger partial charge >= 0.3 is 0 Å². The van der Waals surface area contributed by atoms with Gasteiger partial charge in [-0.2, -0.15) is 0 Å². The number of hydrogen-bond donors (Lipinski definition) is 2. The Morgan fingerprint density at radius 1 is 1.60 bits per heavy atom. The van der Waals surface area contributed by atoms with Crippen molar-refractivity contribution in [3.8, 4) is 0 Å². The minimum Gasteiger partial charge on any atom is -0.352 e. The summed E-state index contributed by atoms with van der Waals surface area (Å²) in [5.41, 5.74) is 5.70. The highest BCUT2D eigenvalue weighted by molar-refractivity contribution is 5.81. The monoisotopic (exact) mass is 211 g/mol. The zero-order valence-corrected chi connectivity index (χ0v) is 9.73. The van der Waals surface area contributed by atoms with Gasteiger partial charge in [0.05, 0.1) is 5.92 Å². The quantitative estimate of drug-likeness (QED) is 0.641. The maximum absolute atomic E-state index is 11.7. The number of amides is 1. The summed E-state index contributed by atoms with van der Waals surface area (Å²) in [5, 5.41) is 2.99. The van der Waals surface area contributed by atoms with Crippen molar-refractivity contribution in [1.82, 2.24) is 10.2 Å². The Morgan fingerprint density at radius 3 is 2.73 bits per heavy atom. The summed E-state index contributed by atoms with van der Waals surface area (Å²) in [6.45, 7) is 2.87. The van der Waals surface area contributed by atoms with Crippen LogP contribution in [0.2, 0.25) is 0 Å². The molecule has 1 amide bonds. The van der Waals surface area contributed by atoms with Gasteiger partial charge in [-0.25, -0.2) is 0 Å². The van der Waals surface area contributed by atoms with E-state index in [2.05, 4.69) is 10.2 Å². The average molecular weight is 211 g/mol. The molecule has 4 heteroatoms. The summed E-state index contributed by atoms with van der Waals surface area (Å²) in [4.78, 5) is 13.8. The van der Waals surface area contributed by atoms with Crippen LogP contribution in [-0.4, -0.2) is 43.5 Å². The maximum atomic E-state index is 11.7. The molecule has 3 atom stereocenters. The zero-order valence-electron chi connectivity index (χ0n) is 9.73. The van der Waals surface area contributed by atoms with Gasteiger partial charge in [-0.3, -0.25) is 4.79 Å². The lowest BCUT2D eigenvalue weighted by atomic mass is 10.1. The van der Waals surface area contributed by atoms with Crippen LogP contribution >= 0.6 is 0 Å². The van der Waals surface area contributed by atoms with Crippen molar-refractivity contribution in [3.63, 3.8) is 0 Å². The molecule has 4 nitrogen and oxygen atoms in total. The molecule has 3 unspecified atom stereocenters. The van der Waals surface area contributed by atoms with E-state index in [9.17, 15) is 4.79 Å². The molecule has 3 N–H and O–H groups in total. The van der Waals surface area contributed by atoms with Gasteiger partial charge in [0.15, 0.2) is 0 Å². The molecule has 0 aromatic carbocycles. The molecule has 0 heterocycles. The summed E-state index contributed by atoms with van der Waals surface area (Å²) in [6, 6.07) is 0.225. The first-order valence-electron chi connectivity index (χ1n) is 5.38. The number of likely N-dealkylation sites (N-methyl/N-ethyl adjacent to an activating group) is 1. The van der Waals surface area contributed by atoms with Crippen molar-refractivity contribution in [2.45, 2.75) is 25.4 Å². The lowest BCUT2D eigenvalue weighted by molar-refractivity contribution is -0.124. The predicted octanol–water partition coefficient (Wildman–Crippen LogP) is -0.0439. The number of carbonyl (C=O) groups excluding carboxylic acids is 1. The van der Waals surface area contributed by atoms with Crippen LogP contribution in [0.25, 0.3) is 0 Å². The van der Waals surface area contributed by atoms with Gasteiger partial charge in [-0.05, 0) is 27.4 Å². The molecule has 1 aliphatic rings. The molecule has 0 fully saturated rings. The Kier molecular flexibility index (Phi) is 4.29.